The molecule has 2 N–H and O–H groups in total. The number of imide groups is 2. The molecule has 0 aromatic heterocycles. The lowest BCUT2D eigenvalue weighted by Gasteiger charge is -2.27. The Kier molecular flexibility index (Phi) is 16.5. The molecule has 0 spiro atoms. The minimum Gasteiger partial charge on any atom is -0.491 e. The van der Waals surface area contributed by atoms with Crippen molar-refractivity contribution in [3.05, 3.63) is 59.2 Å². The number of piperidine rings is 1. The third-order valence-corrected chi connectivity index (χ3v) is 8.38. The van der Waals surface area contributed by atoms with E-state index in [0.29, 0.717) is 71.7 Å². The van der Waals surface area contributed by atoms with Gasteiger partial charge in [-0.2, -0.15) is 0 Å². The number of rotatable bonds is 25. The summed E-state index contributed by atoms with van der Waals surface area (Å²) >= 11 is 0. The van der Waals surface area contributed by atoms with Gasteiger partial charge >= 0.3 is 0 Å². The number of fused-ring (bicyclic) bond motifs is 1. The smallest absolute Gasteiger partial charge is 0.264 e. The summed E-state index contributed by atoms with van der Waals surface area (Å²) in [4.78, 5) is 50.8. The van der Waals surface area contributed by atoms with Gasteiger partial charge in [0.25, 0.3) is 11.8 Å². The summed E-state index contributed by atoms with van der Waals surface area (Å²) in [5.41, 5.74) is 2.30. The zero-order chi connectivity index (χ0) is 34.7. The van der Waals surface area contributed by atoms with Gasteiger partial charge < -0.3 is 29.0 Å². The molecule has 2 aromatic rings. The lowest BCUT2D eigenvalue weighted by molar-refractivity contribution is -0.136. The van der Waals surface area contributed by atoms with E-state index in [2.05, 4.69) is 29.7 Å². The molecule has 1 fully saturated rings. The first kappa shape index (κ1) is 38.0. The summed E-state index contributed by atoms with van der Waals surface area (Å²) in [6.07, 6.45) is 9.16. The van der Waals surface area contributed by atoms with Gasteiger partial charge in [0.05, 0.1) is 64.0 Å². The number of hydrogen-bond acceptors (Lipinski definition) is 10. The van der Waals surface area contributed by atoms with E-state index in [-0.39, 0.29) is 24.0 Å². The second kappa shape index (κ2) is 21.3. The van der Waals surface area contributed by atoms with E-state index in [9.17, 15) is 19.2 Å². The summed E-state index contributed by atoms with van der Waals surface area (Å²) in [7, 11) is 0. The number of aryl methyl sites for hydroxylation is 1. The van der Waals surface area contributed by atoms with Crippen molar-refractivity contribution < 1.29 is 42.9 Å². The normalized spacial score (nSPS) is 15.9. The highest BCUT2D eigenvalue weighted by atomic mass is 16.6. The first-order valence-corrected chi connectivity index (χ1v) is 17.6. The Balaban J connectivity index is 0.955. The number of unbranched alkanes of at least 4 members (excludes halogenated alkanes) is 5. The first-order valence-electron chi connectivity index (χ1n) is 17.6. The molecule has 2 aliphatic rings. The van der Waals surface area contributed by atoms with Crippen LogP contribution in [0.4, 0.5) is 5.69 Å². The number of carbonyl (C=O) groups is 4. The Morgan fingerprint density at radius 1 is 0.735 bits per heavy atom. The van der Waals surface area contributed by atoms with Gasteiger partial charge in [0.2, 0.25) is 11.8 Å². The van der Waals surface area contributed by atoms with Crippen LogP contribution in [0.1, 0.15) is 84.6 Å². The number of nitrogens with zero attached hydrogens (tertiary/aromatic N) is 1. The van der Waals surface area contributed by atoms with Crippen LogP contribution in [0.3, 0.4) is 0 Å². The molecule has 49 heavy (non-hydrogen) atoms. The Hall–Kier alpha value is -3.84. The van der Waals surface area contributed by atoms with E-state index in [1.807, 2.05) is 12.1 Å². The van der Waals surface area contributed by atoms with Crippen LogP contribution >= 0.6 is 0 Å². The van der Waals surface area contributed by atoms with E-state index >= 15 is 0 Å². The van der Waals surface area contributed by atoms with E-state index in [4.69, 9.17) is 23.7 Å². The molecular weight excluding hydrogens is 630 g/mol. The number of amides is 4. The lowest BCUT2D eigenvalue weighted by atomic mass is 10.0. The topological polar surface area (TPSA) is 142 Å². The molecule has 0 radical (unpaired) electrons. The van der Waals surface area contributed by atoms with Crippen LogP contribution in [0.25, 0.3) is 0 Å². The standard InChI is InChI=1S/C37H51N3O9/c1-2-3-4-5-6-7-9-28-12-14-29(15-13-28)49-27-26-48-25-24-47-23-22-46-21-20-45-19-18-38-31-11-8-10-30-34(31)37(44)40(36(30)43)32-16-17-33(41)39-35(32)42/h8,10-15,32,38H,2-7,9,16-27H2,1H3,(H,39,41,42). The predicted octanol–water partition coefficient (Wildman–Crippen LogP) is 4.55. The maximum Gasteiger partial charge on any atom is 0.264 e. The molecule has 0 saturated carbocycles. The Morgan fingerprint density at radius 2 is 1.37 bits per heavy atom. The zero-order valence-electron chi connectivity index (χ0n) is 28.7. The average molecular weight is 682 g/mol. The van der Waals surface area contributed by atoms with E-state index in [0.717, 1.165) is 17.1 Å². The summed E-state index contributed by atoms with van der Waals surface area (Å²) < 4.78 is 28.0. The van der Waals surface area contributed by atoms with Crippen LogP contribution < -0.4 is 15.4 Å². The fourth-order valence-corrected chi connectivity index (χ4v) is 5.76. The highest BCUT2D eigenvalue weighted by Gasteiger charge is 2.45. The Labute approximate surface area is 289 Å². The van der Waals surface area contributed by atoms with Crippen LogP contribution in [0.2, 0.25) is 0 Å². The van der Waals surface area contributed by atoms with E-state index in [1.165, 1.54) is 44.1 Å². The van der Waals surface area contributed by atoms with Gasteiger partial charge in [-0.1, -0.05) is 57.2 Å². The molecule has 268 valence electrons. The summed E-state index contributed by atoms with van der Waals surface area (Å²) in [6.45, 7) is 6.63. The van der Waals surface area contributed by atoms with Crippen molar-refractivity contribution in [3.8, 4) is 5.75 Å². The maximum atomic E-state index is 13.1. The van der Waals surface area contributed by atoms with E-state index < -0.39 is 29.7 Å². The van der Waals surface area contributed by atoms with Crippen LogP contribution in [0.15, 0.2) is 42.5 Å². The number of carbonyl (C=O) groups excluding carboxylic acids is 4. The van der Waals surface area contributed by atoms with Crippen LogP contribution in [-0.4, -0.2) is 101 Å². The highest BCUT2D eigenvalue weighted by Crippen LogP contribution is 2.32. The van der Waals surface area contributed by atoms with Crippen molar-refractivity contribution in [2.24, 2.45) is 0 Å². The molecular formula is C37H51N3O9. The largest absolute Gasteiger partial charge is 0.491 e. The van der Waals surface area contributed by atoms with Gasteiger partial charge in [0, 0.05) is 18.7 Å². The Bertz CT molecular complexity index is 1350. The van der Waals surface area contributed by atoms with Crippen LogP contribution in [0.5, 0.6) is 5.75 Å². The molecule has 2 aliphatic heterocycles. The average Bonchev–Trinajstić information content (AvgIpc) is 3.36. The van der Waals surface area contributed by atoms with Crippen LogP contribution in [-0.2, 0) is 35.0 Å². The number of benzene rings is 2. The van der Waals surface area contributed by atoms with Crippen molar-refractivity contribution in [2.45, 2.75) is 70.8 Å². The van der Waals surface area contributed by atoms with Crippen LogP contribution in [0, 0.1) is 0 Å². The first-order chi connectivity index (χ1) is 24.0. The lowest BCUT2D eigenvalue weighted by Crippen LogP contribution is -2.54. The minimum atomic E-state index is -1.00. The third kappa shape index (κ3) is 12.2. The highest BCUT2D eigenvalue weighted by molar-refractivity contribution is 6.25. The molecule has 0 bridgehead atoms. The molecule has 2 aromatic carbocycles. The minimum absolute atomic E-state index is 0.0735. The predicted molar refractivity (Wildman–Crippen MR) is 184 cm³/mol. The van der Waals surface area contributed by atoms with Gasteiger partial charge in [-0.3, -0.25) is 29.4 Å². The van der Waals surface area contributed by atoms with Crippen molar-refractivity contribution in [2.75, 3.05) is 71.3 Å². The molecule has 1 unspecified atom stereocenters. The molecule has 2 heterocycles. The third-order valence-electron chi connectivity index (χ3n) is 8.38. The molecule has 4 rings (SSSR count). The van der Waals surface area contributed by atoms with Gasteiger partial charge in [0.1, 0.15) is 18.4 Å². The monoisotopic (exact) mass is 681 g/mol. The summed E-state index contributed by atoms with van der Waals surface area (Å²) in [5, 5.41) is 5.35. The quantitative estimate of drug-likeness (QED) is 0.113. The molecule has 1 saturated heterocycles. The van der Waals surface area contributed by atoms with Gasteiger partial charge in [-0.15, -0.1) is 0 Å². The summed E-state index contributed by atoms with van der Waals surface area (Å²) in [5.74, 6) is -1.28. The second-order valence-electron chi connectivity index (χ2n) is 12.1. The number of nitrogens with one attached hydrogen (secondary N) is 2. The molecule has 12 nitrogen and oxygen atoms in total. The number of ether oxygens (including phenoxy) is 5. The van der Waals surface area contributed by atoms with Crippen molar-refractivity contribution in [1.82, 2.24) is 10.2 Å². The van der Waals surface area contributed by atoms with Gasteiger partial charge in [-0.05, 0) is 49.1 Å². The molecule has 4 amide bonds. The fourth-order valence-electron chi connectivity index (χ4n) is 5.76. The molecule has 1 atom stereocenters. The maximum absolute atomic E-state index is 13.1. The van der Waals surface area contributed by atoms with E-state index in [1.54, 1.807) is 18.2 Å². The van der Waals surface area contributed by atoms with Gasteiger partial charge in [-0.25, -0.2) is 0 Å². The van der Waals surface area contributed by atoms with Crippen molar-refractivity contribution in [3.63, 3.8) is 0 Å². The second-order valence-corrected chi connectivity index (χ2v) is 12.1. The van der Waals surface area contributed by atoms with Crippen molar-refractivity contribution in [1.29, 1.82) is 0 Å². The van der Waals surface area contributed by atoms with Gasteiger partial charge in [0.15, 0.2) is 0 Å². The number of hydrogen-bond donors (Lipinski definition) is 2. The molecule has 12 heteroatoms. The molecule has 0 aliphatic carbocycles. The zero-order valence-corrected chi connectivity index (χ0v) is 28.7. The Morgan fingerprint density at radius 3 is 2.04 bits per heavy atom. The SMILES string of the molecule is CCCCCCCCc1ccc(OCCOCCOCCOCCOCCNc2cccc3c2C(=O)N(C2CCC(=O)NC2=O)C3=O)cc1. The van der Waals surface area contributed by atoms with Crippen molar-refractivity contribution >= 4 is 29.3 Å². The number of anilines is 1. The fraction of sp³-hybridized carbons (Fsp3) is 0.568. The summed E-state index contributed by atoms with van der Waals surface area (Å²) in [6, 6.07) is 12.3.